The predicted molar refractivity (Wildman–Crippen MR) is 65.4 cm³/mol. The molecule has 0 bridgehead atoms. The maximum atomic E-state index is 12.1. The first-order chi connectivity index (χ1) is 8.26. The molecule has 0 heterocycles. The number of hydrogen-bond acceptors (Lipinski definition) is 3. The Labute approximate surface area is 107 Å². The molecular formula is C10H10F3N3OS. The Bertz CT molecular complexity index is 474. The minimum absolute atomic E-state index is 0.0364. The number of thiocarbonyl (C=S) groups is 1. The lowest BCUT2D eigenvalue weighted by Gasteiger charge is -2.10. The van der Waals surface area contributed by atoms with Gasteiger partial charge in [0, 0.05) is 0 Å². The maximum Gasteiger partial charge on any atom is 0.573 e. The van der Waals surface area contributed by atoms with Gasteiger partial charge in [-0.15, -0.1) is 13.2 Å². The van der Waals surface area contributed by atoms with E-state index in [2.05, 4.69) is 27.5 Å². The zero-order chi connectivity index (χ0) is 13.8. The van der Waals surface area contributed by atoms with Crippen LogP contribution in [0.2, 0.25) is 0 Å². The molecule has 0 spiro atoms. The van der Waals surface area contributed by atoms with Gasteiger partial charge >= 0.3 is 6.36 Å². The molecule has 98 valence electrons. The van der Waals surface area contributed by atoms with E-state index in [0.717, 1.165) is 0 Å². The highest BCUT2D eigenvalue weighted by molar-refractivity contribution is 7.80. The van der Waals surface area contributed by atoms with Gasteiger partial charge in [-0.3, -0.25) is 5.43 Å². The van der Waals surface area contributed by atoms with Crippen LogP contribution < -0.4 is 15.9 Å². The third kappa shape index (κ3) is 5.48. The van der Waals surface area contributed by atoms with Crippen molar-refractivity contribution in [1.29, 1.82) is 0 Å². The quantitative estimate of drug-likeness (QED) is 0.504. The van der Waals surface area contributed by atoms with Crippen LogP contribution in [-0.2, 0) is 0 Å². The second-order valence-corrected chi connectivity index (χ2v) is 3.80. The number of nitrogens with zero attached hydrogens (tertiary/aromatic N) is 1. The fourth-order valence-electron chi connectivity index (χ4n) is 1.21. The molecule has 0 aliphatic rings. The molecule has 1 rings (SSSR count). The second-order valence-electron chi connectivity index (χ2n) is 3.36. The van der Waals surface area contributed by atoms with Crippen molar-refractivity contribution in [3.63, 3.8) is 0 Å². The van der Waals surface area contributed by atoms with E-state index in [9.17, 15) is 13.2 Å². The summed E-state index contributed by atoms with van der Waals surface area (Å²) in [7, 11) is 0. The Hall–Kier alpha value is -1.83. The largest absolute Gasteiger partial charge is 0.573 e. The molecule has 1 aromatic rings. The van der Waals surface area contributed by atoms with Gasteiger partial charge < -0.3 is 10.5 Å². The van der Waals surface area contributed by atoms with E-state index in [4.69, 9.17) is 5.73 Å². The number of nitrogens with one attached hydrogen (secondary N) is 1. The van der Waals surface area contributed by atoms with Crippen LogP contribution in [0.1, 0.15) is 11.1 Å². The topological polar surface area (TPSA) is 59.6 Å². The molecule has 0 amide bonds. The first-order valence-corrected chi connectivity index (χ1v) is 5.13. The van der Waals surface area contributed by atoms with E-state index in [1.54, 1.807) is 13.0 Å². The molecule has 0 fully saturated rings. The summed E-state index contributed by atoms with van der Waals surface area (Å²) in [5, 5.41) is 3.61. The number of rotatable bonds is 3. The number of hydrazone groups is 1. The summed E-state index contributed by atoms with van der Waals surface area (Å²) >= 11 is 4.51. The summed E-state index contributed by atoms with van der Waals surface area (Å²) in [5.74, 6) is -0.306. The summed E-state index contributed by atoms with van der Waals surface area (Å²) < 4.78 is 40.0. The van der Waals surface area contributed by atoms with Crippen LogP contribution in [0.3, 0.4) is 0 Å². The molecule has 0 saturated carbocycles. The number of aryl methyl sites for hydroxylation is 1. The van der Waals surface area contributed by atoms with E-state index in [-0.39, 0.29) is 10.9 Å². The van der Waals surface area contributed by atoms with Crippen molar-refractivity contribution in [1.82, 2.24) is 5.43 Å². The zero-order valence-electron chi connectivity index (χ0n) is 9.28. The normalized spacial score (nSPS) is 11.6. The lowest BCUT2D eigenvalue weighted by Crippen LogP contribution is -2.24. The van der Waals surface area contributed by atoms with Crippen molar-refractivity contribution in [2.75, 3.05) is 0 Å². The van der Waals surface area contributed by atoms with Gasteiger partial charge in [-0.2, -0.15) is 5.10 Å². The Kier molecular flexibility index (Phi) is 4.49. The molecule has 3 N–H and O–H groups in total. The molecule has 0 radical (unpaired) electrons. The second kappa shape index (κ2) is 5.67. The number of halogens is 3. The van der Waals surface area contributed by atoms with E-state index in [1.807, 2.05) is 0 Å². The average Bonchev–Trinajstić information content (AvgIpc) is 2.12. The molecule has 0 saturated heterocycles. The molecule has 0 atom stereocenters. The fourth-order valence-corrected chi connectivity index (χ4v) is 1.27. The fraction of sp³-hybridized carbons (Fsp3) is 0.200. The van der Waals surface area contributed by atoms with E-state index >= 15 is 0 Å². The Balaban J connectivity index is 2.87. The van der Waals surface area contributed by atoms with Gasteiger partial charge in [0.25, 0.3) is 0 Å². The van der Waals surface area contributed by atoms with Crippen LogP contribution in [0.5, 0.6) is 5.75 Å². The Morgan fingerprint density at radius 3 is 2.67 bits per heavy atom. The van der Waals surface area contributed by atoms with Gasteiger partial charge in [0.15, 0.2) is 5.11 Å². The first kappa shape index (κ1) is 14.2. The molecule has 0 aromatic heterocycles. The van der Waals surface area contributed by atoms with Gasteiger partial charge in [-0.25, -0.2) is 0 Å². The molecule has 0 unspecified atom stereocenters. The lowest BCUT2D eigenvalue weighted by molar-refractivity contribution is -0.274. The lowest BCUT2D eigenvalue weighted by atomic mass is 10.1. The maximum absolute atomic E-state index is 12.1. The molecule has 0 aliphatic carbocycles. The first-order valence-electron chi connectivity index (χ1n) is 4.72. The summed E-state index contributed by atoms with van der Waals surface area (Å²) in [6.45, 7) is 1.64. The van der Waals surface area contributed by atoms with E-state index < -0.39 is 6.36 Å². The summed E-state index contributed by atoms with van der Waals surface area (Å²) in [4.78, 5) is 0. The molecule has 18 heavy (non-hydrogen) atoms. The minimum atomic E-state index is -4.72. The summed E-state index contributed by atoms with van der Waals surface area (Å²) in [6, 6.07) is 4.10. The van der Waals surface area contributed by atoms with Gasteiger partial charge in [0.1, 0.15) is 5.75 Å². The van der Waals surface area contributed by atoms with Crippen molar-refractivity contribution >= 4 is 23.5 Å². The van der Waals surface area contributed by atoms with E-state index in [0.29, 0.717) is 11.1 Å². The minimum Gasteiger partial charge on any atom is -0.406 e. The highest BCUT2D eigenvalue weighted by Crippen LogP contribution is 2.24. The van der Waals surface area contributed by atoms with Crippen molar-refractivity contribution in [2.45, 2.75) is 13.3 Å². The molecule has 1 aromatic carbocycles. The number of nitrogens with two attached hydrogens (primary N) is 1. The van der Waals surface area contributed by atoms with Crippen molar-refractivity contribution in [3.05, 3.63) is 29.3 Å². The number of ether oxygens (including phenoxy) is 1. The van der Waals surface area contributed by atoms with Crippen LogP contribution >= 0.6 is 12.2 Å². The van der Waals surface area contributed by atoms with Crippen LogP contribution in [0.15, 0.2) is 23.3 Å². The van der Waals surface area contributed by atoms with Gasteiger partial charge in [-0.05, 0) is 42.4 Å². The predicted octanol–water partition coefficient (Wildman–Crippen LogP) is 2.06. The smallest absolute Gasteiger partial charge is 0.406 e. The Morgan fingerprint density at radius 1 is 1.44 bits per heavy atom. The summed E-state index contributed by atoms with van der Waals surface area (Å²) in [5.41, 5.74) is 8.46. The molecule has 4 nitrogen and oxygen atoms in total. The van der Waals surface area contributed by atoms with Crippen LogP contribution in [-0.4, -0.2) is 17.7 Å². The van der Waals surface area contributed by atoms with Crippen LogP contribution in [0, 0.1) is 6.92 Å². The summed E-state index contributed by atoms with van der Waals surface area (Å²) in [6.07, 6.45) is -3.44. The number of hydrogen-bond donors (Lipinski definition) is 2. The monoisotopic (exact) mass is 277 g/mol. The third-order valence-electron chi connectivity index (χ3n) is 1.70. The number of alkyl halides is 3. The van der Waals surface area contributed by atoms with Crippen LogP contribution in [0.25, 0.3) is 0 Å². The zero-order valence-corrected chi connectivity index (χ0v) is 10.1. The Morgan fingerprint density at radius 2 is 2.11 bits per heavy atom. The third-order valence-corrected chi connectivity index (χ3v) is 1.79. The van der Waals surface area contributed by atoms with E-state index in [1.165, 1.54) is 18.3 Å². The standard InChI is InChI=1S/C10H10F3N3OS/c1-6-2-7(5-15-16-9(14)18)4-8(3-6)17-10(11,12)13/h2-5H,1H3,(H3,14,16,18). The molecule has 0 aliphatic heterocycles. The highest BCUT2D eigenvalue weighted by Gasteiger charge is 2.31. The highest BCUT2D eigenvalue weighted by atomic mass is 32.1. The molecular weight excluding hydrogens is 267 g/mol. The van der Waals surface area contributed by atoms with Crippen molar-refractivity contribution in [2.24, 2.45) is 10.8 Å². The van der Waals surface area contributed by atoms with Gasteiger partial charge in [0.2, 0.25) is 0 Å². The average molecular weight is 277 g/mol. The SMILES string of the molecule is Cc1cc(C=NNC(N)=S)cc(OC(F)(F)F)c1. The van der Waals surface area contributed by atoms with Gasteiger partial charge in [-0.1, -0.05) is 6.07 Å². The number of benzene rings is 1. The van der Waals surface area contributed by atoms with Crippen LogP contribution in [0.4, 0.5) is 13.2 Å². The molecule has 8 heteroatoms. The van der Waals surface area contributed by atoms with Crippen molar-refractivity contribution < 1.29 is 17.9 Å². The van der Waals surface area contributed by atoms with Crippen molar-refractivity contribution in [3.8, 4) is 5.75 Å². The van der Waals surface area contributed by atoms with Gasteiger partial charge in [0.05, 0.1) is 6.21 Å².